The zero-order valence-electron chi connectivity index (χ0n) is 16.4. The fraction of sp³-hybridized carbons (Fsp3) is 1.00. The van der Waals surface area contributed by atoms with E-state index < -0.39 is 8.56 Å². The Morgan fingerprint density at radius 1 is 0.909 bits per heavy atom. The Morgan fingerprint density at radius 3 is 1.64 bits per heavy atom. The highest BCUT2D eigenvalue weighted by Crippen LogP contribution is 2.56. The van der Waals surface area contributed by atoms with Crippen molar-refractivity contribution < 1.29 is 14.0 Å². The molecular formula is C18H38O3Si. The molecule has 0 unspecified atom stereocenters. The molecule has 0 aromatic carbocycles. The van der Waals surface area contributed by atoms with Gasteiger partial charge >= 0.3 is 8.56 Å². The molecule has 1 saturated heterocycles. The third-order valence-corrected chi connectivity index (χ3v) is 10.3. The molecule has 0 spiro atoms. The summed E-state index contributed by atoms with van der Waals surface area (Å²) in [6.45, 7) is 22.4. The van der Waals surface area contributed by atoms with E-state index in [2.05, 4.69) is 69.2 Å². The number of hydrogen-bond donors (Lipinski definition) is 1. The molecule has 0 radical (unpaired) electrons. The second kappa shape index (κ2) is 6.54. The average molecular weight is 331 g/mol. The van der Waals surface area contributed by atoms with Crippen molar-refractivity contribution in [1.82, 2.24) is 0 Å². The standard InChI is InChI=1S/C18H38O3Si/c1-12(2)15-14(4)16(13(3)11-19)21-22(20-15,17(5,6)7)18(8,9)10/h12-16,19H,11H2,1-10H3/t13-,14+,15+,16-/m1/s1. The van der Waals surface area contributed by atoms with Crippen molar-refractivity contribution >= 4 is 8.56 Å². The van der Waals surface area contributed by atoms with Crippen LogP contribution in [0.25, 0.3) is 0 Å². The van der Waals surface area contributed by atoms with Gasteiger partial charge in [0.2, 0.25) is 0 Å². The van der Waals surface area contributed by atoms with E-state index in [1.54, 1.807) is 0 Å². The van der Waals surface area contributed by atoms with Crippen LogP contribution < -0.4 is 0 Å². The summed E-state index contributed by atoms with van der Waals surface area (Å²) in [5.41, 5.74) is 0. The minimum atomic E-state index is -2.51. The van der Waals surface area contributed by atoms with Crippen LogP contribution in [0.15, 0.2) is 0 Å². The Labute approximate surface area is 139 Å². The van der Waals surface area contributed by atoms with Crippen LogP contribution in [-0.2, 0) is 8.85 Å². The van der Waals surface area contributed by atoms with E-state index in [4.69, 9.17) is 8.85 Å². The Hall–Kier alpha value is 0.0969. The molecule has 4 atom stereocenters. The van der Waals surface area contributed by atoms with E-state index in [0.29, 0.717) is 11.8 Å². The van der Waals surface area contributed by atoms with Gasteiger partial charge in [-0.25, -0.2) is 0 Å². The van der Waals surface area contributed by atoms with Gasteiger partial charge in [-0.15, -0.1) is 0 Å². The normalized spacial score (nSPS) is 31.4. The molecule has 0 bridgehead atoms. The van der Waals surface area contributed by atoms with Crippen LogP contribution in [0, 0.1) is 17.8 Å². The number of hydrogen-bond acceptors (Lipinski definition) is 3. The molecular weight excluding hydrogens is 292 g/mol. The monoisotopic (exact) mass is 330 g/mol. The maximum Gasteiger partial charge on any atom is 0.349 e. The lowest BCUT2D eigenvalue weighted by molar-refractivity contribution is -0.105. The predicted octanol–water partition coefficient (Wildman–Crippen LogP) is 4.73. The summed E-state index contributed by atoms with van der Waals surface area (Å²) >= 11 is 0. The minimum absolute atomic E-state index is 0.0219. The molecule has 1 heterocycles. The summed E-state index contributed by atoms with van der Waals surface area (Å²) in [6.07, 6.45) is 0.258. The lowest BCUT2D eigenvalue weighted by Crippen LogP contribution is -2.67. The summed E-state index contributed by atoms with van der Waals surface area (Å²) in [7, 11) is -2.51. The summed E-state index contributed by atoms with van der Waals surface area (Å²) in [5.74, 6) is 0.882. The first-order valence-corrected chi connectivity index (χ1v) is 10.6. The molecule has 1 aliphatic rings. The van der Waals surface area contributed by atoms with Crippen molar-refractivity contribution in [2.45, 2.75) is 91.5 Å². The van der Waals surface area contributed by atoms with Gasteiger partial charge in [-0.1, -0.05) is 69.2 Å². The van der Waals surface area contributed by atoms with Crippen LogP contribution >= 0.6 is 0 Å². The van der Waals surface area contributed by atoms with Crippen molar-refractivity contribution in [3.63, 3.8) is 0 Å². The van der Waals surface area contributed by atoms with E-state index >= 15 is 0 Å². The fourth-order valence-corrected chi connectivity index (χ4v) is 9.55. The molecule has 0 aromatic heterocycles. The number of rotatable bonds is 3. The summed E-state index contributed by atoms with van der Waals surface area (Å²) in [6, 6.07) is 0. The van der Waals surface area contributed by atoms with Crippen LogP contribution in [-0.4, -0.2) is 32.5 Å². The first-order valence-electron chi connectivity index (χ1n) is 8.75. The van der Waals surface area contributed by atoms with Gasteiger partial charge in [-0.2, -0.15) is 0 Å². The second-order valence-corrected chi connectivity index (χ2v) is 14.2. The second-order valence-electron chi connectivity index (χ2n) is 9.54. The highest BCUT2D eigenvalue weighted by Gasteiger charge is 2.63. The van der Waals surface area contributed by atoms with Gasteiger partial charge in [-0.05, 0) is 5.92 Å². The van der Waals surface area contributed by atoms with Crippen molar-refractivity contribution in [2.24, 2.45) is 17.8 Å². The first kappa shape index (κ1) is 20.1. The molecule has 0 saturated carbocycles. The first-order chi connectivity index (χ1) is 9.78. The average Bonchev–Trinajstić information content (AvgIpc) is 2.34. The quantitative estimate of drug-likeness (QED) is 0.760. The molecule has 1 N–H and O–H groups in total. The van der Waals surface area contributed by atoms with Gasteiger partial charge in [0.25, 0.3) is 0 Å². The molecule has 3 nitrogen and oxygen atoms in total. The minimum Gasteiger partial charge on any atom is -0.396 e. The van der Waals surface area contributed by atoms with Gasteiger partial charge in [0.05, 0.1) is 12.2 Å². The molecule has 1 aliphatic heterocycles. The molecule has 0 aliphatic carbocycles. The van der Waals surface area contributed by atoms with Crippen molar-refractivity contribution in [3.05, 3.63) is 0 Å². The fourth-order valence-electron chi connectivity index (χ4n) is 4.13. The summed E-state index contributed by atoms with van der Waals surface area (Å²) < 4.78 is 13.6. The zero-order chi connectivity index (χ0) is 17.5. The molecule has 0 aromatic rings. The van der Waals surface area contributed by atoms with E-state index in [1.807, 2.05) is 0 Å². The Kier molecular flexibility index (Phi) is 5.99. The topological polar surface area (TPSA) is 38.7 Å². The summed E-state index contributed by atoms with van der Waals surface area (Å²) in [4.78, 5) is 0. The largest absolute Gasteiger partial charge is 0.396 e. The van der Waals surface area contributed by atoms with Gasteiger partial charge in [0, 0.05) is 28.5 Å². The van der Waals surface area contributed by atoms with Crippen molar-refractivity contribution in [3.8, 4) is 0 Å². The van der Waals surface area contributed by atoms with Gasteiger partial charge in [0.1, 0.15) is 0 Å². The smallest absolute Gasteiger partial charge is 0.349 e. The molecule has 22 heavy (non-hydrogen) atoms. The predicted molar refractivity (Wildman–Crippen MR) is 95.2 cm³/mol. The Balaban J connectivity index is 3.39. The van der Waals surface area contributed by atoms with Gasteiger partial charge in [-0.3, -0.25) is 0 Å². The SMILES string of the molecule is CC(C)[C@@H]1O[Si](C(C)(C)C)(C(C)(C)C)O[C@H]([C@H](C)CO)[C@H]1C. The van der Waals surface area contributed by atoms with Gasteiger partial charge in [0.15, 0.2) is 0 Å². The lowest BCUT2D eigenvalue weighted by Gasteiger charge is -2.58. The van der Waals surface area contributed by atoms with E-state index in [1.165, 1.54) is 0 Å². The maximum atomic E-state index is 9.70. The van der Waals surface area contributed by atoms with Crippen LogP contribution in [0.2, 0.25) is 10.1 Å². The lowest BCUT2D eigenvalue weighted by atomic mass is 9.85. The third-order valence-electron chi connectivity index (χ3n) is 5.12. The molecule has 1 rings (SSSR count). The van der Waals surface area contributed by atoms with E-state index in [-0.39, 0.29) is 34.8 Å². The molecule has 132 valence electrons. The van der Waals surface area contributed by atoms with Crippen LogP contribution in [0.3, 0.4) is 0 Å². The molecule has 4 heteroatoms. The molecule has 0 amide bonds. The van der Waals surface area contributed by atoms with Crippen molar-refractivity contribution in [2.75, 3.05) is 6.61 Å². The van der Waals surface area contributed by atoms with E-state index in [0.717, 1.165) is 0 Å². The number of aliphatic hydroxyl groups excluding tert-OH is 1. The highest BCUT2D eigenvalue weighted by atomic mass is 28.4. The van der Waals surface area contributed by atoms with Crippen LogP contribution in [0.4, 0.5) is 0 Å². The third kappa shape index (κ3) is 3.45. The van der Waals surface area contributed by atoms with Crippen LogP contribution in [0.1, 0.15) is 69.2 Å². The summed E-state index contributed by atoms with van der Waals surface area (Å²) in [5, 5.41) is 9.66. The maximum absolute atomic E-state index is 9.70. The van der Waals surface area contributed by atoms with Crippen molar-refractivity contribution in [1.29, 1.82) is 0 Å². The zero-order valence-corrected chi connectivity index (χ0v) is 17.4. The van der Waals surface area contributed by atoms with E-state index in [9.17, 15) is 5.11 Å². The van der Waals surface area contributed by atoms with Crippen LogP contribution in [0.5, 0.6) is 0 Å². The Morgan fingerprint density at radius 2 is 1.32 bits per heavy atom. The van der Waals surface area contributed by atoms with Gasteiger partial charge < -0.3 is 14.0 Å². The highest BCUT2D eigenvalue weighted by molar-refractivity contribution is 6.73. The number of aliphatic hydroxyl groups is 1. The Bertz CT molecular complexity index is 354. The molecule has 1 fully saturated rings.